The number of rotatable bonds is 2. The average Bonchev–Trinajstić information content (AvgIpc) is 2.83. The molecule has 1 N–H and O–H groups in total. The Morgan fingerprint density at radius 2 is 1.71 bits per heavy atom. The highest BCUT2D eigenvalue weighted by molar-refractivity contribution is 6.07. The van der Waals surface area contributed by atoms with E-state index < -0.39 is 0 Å². The van der Waals surface area contributed by atoms with Crippen LogP contribution in [0.25, 0.3) is 0 Å². The summed E-state index contributed by atoms with van der Waals surface area (Å²) in [7, 11) is 0. The Kier molecular flexibility index (Phi) is 3.23. The third-order valence-electron chi connectivity index (χ3n) is 3.90. The van der Waals surface area contributed by atoms with Gasteiger partial charge in [0, 0.05) is 0 Å². The molecule has 1 atom stereocenters. The number of nitriles is 1. The third kappa shape index (κ3) is 2.41. The molecule has 3 nitrogen and oxygen atoms in total. The van der Waals surface area contributed by atoms with Crippen molar-refractivity contribution in [3.63, 3.8) is 0 Å². The summed E-state index contributed by atoms with van der Waals surface area (Å²) in [5, 5.41) is 13.5. The molecule has 0 fully saturated rings. The van der Waals surface area contributed by atoms with Crippen molar-refractivity contribution in [1.29, 1.82) is 5.26 Å². The largest absolute Gasteiger partial charge is 0.303 e. The summed E-state index contributed by atoms with van der Waals surface area (Å²) in [5.74, 6) is 0.187. The van der Waals surface area contributed by atoms with Crippen molar-refractivity contribution < 1.29 is 0 Å². The maximum atomic E-state index is 8.91. The Morgan fingerprint density at radius 1 is 1.05 bits per heavy atom. The van der Waals surface area contributed by atoms with E-state index in [1.807, 2.05) is 30.3 Å². The molecule has 0 aliphatic carbocycles. The molecule has 3 rings (SSSR count). The fraction of sp³-hybridized carbons (Fsp3) is 0.222. The molecule has 0 bridgehead atoms. The highest BCUT2D eigenvalue weighted by Gasteiger charge is 2.39. The molecule has 104 valence electrons. The summed E-state index contributed by atoms with van der Waals surface area (Å²) in [6, 6.07) is 20.2. The number of hydrogen-bond acceptors (Lipinski definition) is 3. The smallest absolute Gasteiger partial charge is 0.0991 e. The summed E-state index contributed by atoms with van der Waals surface area (Å²) in [5.41, 5.74) is 7.10. The SMILES string of the molecule is CC1(C)NN=C(c2ccc(C#N)cc2)C1c1ccccc1. The summed E-state index contributed by atoms with van der Waals surface area (Å²) < 4.78 is 0. The van der Waals surface area contributed by atoms with Crippen molar-refractivity contribution in [2.75, 3.05) is 0 Å². The van der Waals surface area contributed by atoms with Gasteiger partial charge >= 0.3 is 0 Å². The van der Waals surface area contributed by atoms with Crippen molar-refractivity contribution in [2.45, 2.75) is 25.3 Å². The number of benzene rings is 2. The van der Waals surface area contributed by atoms with Gasteiger partial charge in [0.15, 0.2) is 0 Å². The van der Waals surface area contributed by atoms with Gasteiger partial charge in [0.1, 0.15) is 0 Å². The van der Waals surface area contributed by atoms with Crippen LogP contribution in [0.5, 0.6) is 0 Å². The first-order chi connectivity index (χ1) is 10.1. The average molecular weight is 275 g/mol. The maximum absolute atomic E-state index is 8.91. The van der Waals surface area contributed by atoms with Crippen LogP contribution in [-0.2, 0) is 0 Å². The van der Waals surface area contributed by atoms with Crippen LogP contribution in [0.2, 0.25) is 0 Å². The molecule has 21 heavy (non-hydrogen) atoms. The second kappa shape index (κ2) is 5.06. The van der Waals surface area contributed by atoms with E-state index in [0.717, 1.165) is 11.3 Å². The molecule has 2 aromatic carbocycles. The van der Waals surface area contributed by atoms with Crippen LogP contribution < -0.4 is 5.43 Å². The van der Waals surface area contributed by atoms with Gasteiger partial charge < -0.3 is 5.43 Å². The highest BCUT2D eigenvalue weighted by Crippen LogP contribution is 2.35. The predicted octanol–water partition coefficient (Wildman–Crippen LogP) is 3.43. The summed E-state index contributed by atoms with van der Waals surface area (Å²) in [6.07, 6.45) is 0. The molecule has 0 radical (unpaired) electrons. The molecule has 0 saturated carbocycles. The Morgan fingerprint density at radius 3 is 2.33 bits per heavy atom. The van der Waals surface area contributed by atoms with Crippen molar-refractivity contribution in [3.05, 3.63) is 71.3 Å². The molecule has 1 heterocycles. The quantitative estimate of drug-likeness (QED) is 0.912. The lowest BCUT2D eigenvalue weighted by molar-refractivity contribution is 0.409. The maximum Gasteiger partial charge on any atom is 0.0991 e. The van der Waals surface area contributed by atoms with Crippen molar-refractivity contribution >= 4 is 5.71 Å². The Labute approximate surface area is 124 Å². The molecular weight excluding hydrogens is 258 g/mol. The molecular formula is C18H17N3. The van der Waals surface area contributed by atoms with E-state index in [9.17, 15) is 0 Å². The monoisotopic (exact) mass is 275 g/mol. The number of nitrogens with zero attached hydrogens (tertiary/aromatic N) is 2. The minimum absolute atomic E-state index is 0.134. The summed E-state index contributed by atoms with van der Waals surface area (Å²) >= 11 is 0. The van der Waals surface area contributed by atoms with E-state index in [1.165, 1.54) is 5.56 Å². The first-order valence-electron chi connectivity index (χ1n) is 7.02. The first-order valence-corrected chi connectivity index (χ1v) is 7.02. The number of hydrazone groups is 1. The van der Waals surface area contributed by atoms with Crippen LogP contribution in [0.3, 0.4) is 0 Å². The van der Waals surface area contributed by atoms with Crippen LogP contribution in [0.1, 0.15) is 36.5 Å². The summed E-state index contributed by atoms with van der Waals surface area (Å²) in [4.78, 5) is 0. The molecule has 3 heteroatoms. The first kappa shape index (κ1) is 13.4. The van der Waals surface area contributed by atoms with Gasteiger partial charge in [0.2, 0.25) is 0 Å². The zero-order valence-corrected chi connectivity index (χ0v) is 12.2. The van der Waals surface area contributed by atoms with Gasteiger partial charge in [0.05, 0.1) is 28.8 Å². The van der Waals surface area contributed by atoms with Crippen LogP contribution in [-0.4, -0.2) is 11.3 Å². The zero-order chi connectivity index (χ0) is 14.9. The molecule has 1 unspecified atom stereocenters. The molecule has 0 amide bonds. The fourth-order valence-electron chi connectivity index (χ4n) is 2.84. The minimum atomic E-state index is -0.134. The van der Waals surface area contributed by atoms with Gasteiger partial charge in [-0.1, -0.05) is 42.5 Å². The van der Waals surface area contributed by atoms with E-state index in [0.29, 0.717) is 5.56 Å². The Hall–Kier alpha value is -2.60. The van der Waals surface area contributed by atoms with Crippen LogP contribution in [0, 0.1) is 11.3 Å². The van der Waals surface area contributed by atoms with Gasteiger partial charge in [-0.25, -0.2) is 0 Å². The highest BCUT2D eigenvalue weighted by atomic mass is 15.4. The zero-order valence-electron chi connectivity index (χ0n) is 12.2. The standard InChI is InChI=1S/C18H17N3/c1-18(2)16(14-6-4-3-5-7-14)17(20-21-18)15-10-8-13(12-19)9-11-15/h3-11,16,21H,1-2H3. The normalized spacial score (nSPS) is 19.5. The van der Waals surface area contributed by atoms with Crippen molar-refractivity contribution in [3.8, 4) is 6.07 Å². The van der Waals surface area contributed by atoms with E-state index >= 15 is 0 Å². The molecule has 1 aliphatic heterocycles. The molecule has 0 spiro atoms. The second-order valence-electron chi connectivity index (χ2n) is 5.86. The number of hydrogen-bond donors (Lipinski definition) is 1. The molecule has 0 aromatic heterocycles. The van der Waals surface area contributed by atoms with Gasteiger partial charge in [-0.3, -0.25) is 0 Å². The number of nitrogens with one attached hydrogen (secondary N) is 1. The van der Waals surface area contributed by atoms with E-state index in [-0.39, 0.29) is 11.5 Å². The third-order valence-corrected chi connectivity index (χ3v) is 3.90. The van der Waals surface area contributed by atoms with Crippen LogP contribution >= 0.6 is 0 Å². The molecule has 0 saturated heterocycles. The van der Waals surface area contributed by atoms with Gasteiger partial charge in [-0.15, -0.1) is 0 Å². The van der Waals surface area contributed by atoms with Crippen LogP contribution in [0.4, 0.5) is 0 Å². The van der Waals surface area contributed by atoms with Gasteiger partial charge in [0.25, 0.3) is 0 Å². The van der Waals surface area contributed by atoms with E-state index in [1.54, 1.807) is 0 Å². The Balaban J connectivity index is 2.03. The van der Waals surface area contributed by atoms with Crippen LogP contribution in [0.15, 0.2) is 59.7 Å². The predicted molar refractivity (Wildman–Crippen MR) is 84.1 cm³/mol. The second-order valence-corrected chi connectivity index (χ2v) is 5.86. The Bertz CT molecular complexity index is 706. The lowest BCUT2D eigenvalue weighted by Gasteiger charge is -2.28. The minimum Gasteiger partial charge on any atom is -0.303 e. The van der Waals surface area contributed by atoms with Gasteiger partial charge in [-0.05, 0) is 37.1 Å². The van der Waals surface area contributed by atoms with Crippen molar-refractivity contribution in [1.82, 2.24) is 5.43 Å². The lowest BCUT2D eigenvalue weighted by atomic mass is 9.78. The molecule has 1 aliphatic rings. The topological polar surface area (TPSA) is 48.2 Å². The fourth-order valence-corrected chi connectivity index (χ4v) is 2.84. The van der Waals surface area contributed by atoms with Gasteiger partial charge in [-0.2, -0.15) is 10.4 Å². The summed E-state index contributed by atoms with van der Waals surface area (Å²) in [6.45, 7) is 4.32. The lowest BCUT2D eigenvalue weighted by Crippen LogP contribution is -2.38. The van der Waals surface area contributed by atoms with Crippen molar-refractivity contribution in [2.24, 2.45) is 5.10 Å². The van der Waals surface area contributed by atoms with E-state index in [4.69, 9.17) is 5.26 Å². The molecule has 2 aromatic rings. The van der Waals surface area contributed by atoms with E-state index in [2.05, 4.69) is 54.7 Å².